The number of allylic oxidation sites excluding steroid dienone is 1. The molecule has 3 rings (SSSR count). The standard InChI is InChI=1S/C17H30N2/c1-18-17(13-7-5-3-4-6-8-13)14-11-15-9-10-16(12-14)19(15)2/h7,14-18H,3-6,8-12H2,1-2H3. The fourth-order valence-corrected chi connectivity index (χ4v) is 4.77. The molecule has 2 nitrogen and oxygen atoms in total. The summed E-state index contributed by atoms with van der Waals surface area (Å²) in [7, 11) is 4.52. The minimum atomic E-state index is 0.662. The highest BCUT2D eigenvalue weighted by atomic mass is 15.2. The smallest absolute Gasteiger partial charge is 0.0306 e. The Morgan fingerprint density at radius 1 is 1.16 bits per heavy atom. The van der Waals surface area contributed by atoms with Gasteiger partial charge in [0.2, 0.25) is 0 Å². The fraction of sp³-hybridized carbons (Fsp3) is 0.882. The zero-order chi connectivity index (χ0) is 13.2. The van der Waals surface area contributed by atoms with Crippen molar-refractivity contribution in [1.29, 1.82) is 0 Å². The first-order chi connectivity index (χ1) is 9.29. The van der Waals surface area contributed by atoms with Gasteiger partial charge in [-0.2, -0.15) is 0 Å². The van der Waals surface area contributed by atoms with Gasteiger partial charge in [0, 0.05) is 18.1 Å². The second-order valence-corrected chi connectivity index (χ2v) is 6.93. The molecule has 108 valence electrons. The molecule has 0 aromatic heterocycles. The van der Waals surface area contributed by atoms with Gasteiger partial charge in [0.1, 0.15) is 0 Å². The largest absolute Gasteiger partial charge is 0.313 e. The Labute approximate surface area is 118 Å². The van der Waals surface area contributed by atoms with Crippen molar-refractivity contribution >= 4 is 0 Å². The molecule has 0 saturated carbocycles. The number of likely N-dealkylation sites (N-methyl/N-ethyl adjacent to an activating group) is 1. The number of nitrogens with zero attached hydrogens (tertiary/aromatic N) is 1. The van der Waals surface area contributed by atoms with Gasteiger partial charge in [0.05, 0.1) is 0 Å². The molecule has 2 heterocycles. The molecule has 2 aliphatic heterocycles. The molecule has 3 atom stereocenters. The third-order valence-electron chi connectivity index (χ3n) is 5.89. The Bertz CT molecular complexity index is 322. The minimum absolute atomic E-state index is 0.662. The number of fused-ring (bicyclic) bond motifs is 2. The van der Waals surface area contributed by atoms with E-state index in [-0.39, 0.29) is 0 Å². The van der Waals surface area contributed by atoms with Gasteiger partial charge in [-0.1, -0.05) is 18.1 Å². The van der Waals surface area contributed by atoms with Crippen molar-refractivity contribution in [1.82, 2.24) is 10.2 Å². The van der Waals surface area contributed by atoms with Crippen LogP contribution in [0.15, 0.2) is 11.6 Å². The molecule has 2 saturated heterocycles. The number of nitrogens with one attached hydrogen (secondary N) is 1. The third-order valence-corrected chi connectivity index (χ3v) is 5.89. The maximum atomic E-state index is 3.67. The van der Waals surface area contributed by atoms with Crippen LogP contribution in [-0.4, -0.2) is 37.1 Å². The maximum absolute atomic E-state index is 3.67. The van der Waals surface area contributed by atoms with Crippen molar-refractivity contribution in [3.05, 3.63) is 11.6 Å². The van der Waals surface area contributed by atoms with Gasteiger partial charge in [0.15, 0.2) is 0 Å². The van der Waals surface area contributed by atoms with Gasteiger partial charge in [0.25, 0.3) is 0 Å². The topological polar surface area (TPSA) is 15.3 Å². The van der Waals surface area contributed by atoms with Gasteiger partial charge >= 0.3 is 0 Å². The van der Waals surface area contributed by atoms with Crippen molar-refractivity contribution in [2.24, 2.45) is 5.92 Å². The molecule has 19 heavy (non-hydrogen) atoms. The highest BCUT2D eigenvalue weighted by Crippen LogP contribution is 2.40. The van der Waals surface area contributed by atoms with Crippen LogP contribution in [0.4, 0.5) is 0 Å². The monoisotopic (exact) mass is 262 g/mol. The summed E-state index contributed by atoms with van der Waals surface area (Å²) in [6, 6.07) is 2.40. The van der Waals surface area contributed by atoms with E-state index in [9.17, 15) is 0 Å². The lowest BCUT2D eigenvalue weighted by Gasteiger charge is -2.40. The number of rotatable bonds is 3. The summed E-state index contributed by atoms with van der Waals surface area (Å²) in [4.78, 5) is 2.66. The summed E-state index contributed by atoms with van der Waals surface area (Å²) in [5.41, 5.74) is 1.73. The van der Waals surface area contributed by atoms with Crippen LogP contribution in [0.5, 0.6) is 0 Å². The summed E-state index contributed by atoms with van der Waals surface area (Å²) >= 11 is 0. The Kier molecular flexibility index (Phi) is 4.28. The van der Waals surface area contributed by atoms with Crippen molar-refractivity contribution in [3.63, 3.8) is 0 Å². The average Bonchev–Trinajstić information content (AvgIpc) is 2.69. The second-order valence-electron chi connectivity index (χ2n) is 6.93. The normalized spacial score (nSPS) is 37.8. The molecule has 2 heteroatoms. The predicted octanol–water partition coefficient (Wildman–Crippen LogP) is 3.34. The SMILES string of the molecule is CNC(C1=CCCCCC1)C1CC2CCC(C1)N2C. The second kappa shape index (κ2) is 5.97. The van der Waals surface area contributed by atoms with E-state index in [1.165, 1.54) is 57.8 Å². The van der Waals surface area contributed by atoms with Crippen molar-refractivity contribution in [3.8, 4) is 0 Å². The Morgan fingerprint density at radius 2 is 1.89 bits per heavy atom. The molecule has 2 fully saturated rings. The van der Waals surface area contributed by atoms with Crippen molar-refractivity contribution in [2.75, 3.05) is 14.1 Å². The van der Waals surface area contributed by atoms with E-state index in [4.69, 9.17) is 0 Å². The molecule has 2 bridgehead atoms. The maximum Gasteiger partial charge on any atom is 0.0306 e. The van der Waals surface area contributed by atoms with Crippen LogP contribution in [0.2, 0.25) is 0 Å². The van der Waals surface area contributed by atoms with Gasteiger partial charge in [-0.25, -0.2) is 0 Å². The summed E-state index contributed by atoms with van der Waals surface area (Å²) in [6.07, 6.45) is 15.2. The lowest BCUT2D eigenvalue weighted by molar-refractivity contribution is 0.120. The quantitative estimate of drug-likeness (QED) is 0.785. The molecule has 0 radical (unpaired) electrons. The predicted molar refractivity (Wildman–Crippen MR) is 81.3 cm³/mol. The molecule has 0 spiro atoms. The molecule has 1 aliphatic carbocycles. The molecule has 0 aromatic carbocycles. The van der Waals surface area contributed by atoms with Crippen LogP contribution >= 0.6 is 0 Å². The van der Waals surface area contributed by atoms with Gasteiger partial charge in [-0.05, 0) is 71.4 Å². The van der Waals surface area contributed by atoms with E-state index in [2.05, 4.69) is 30.4 Å². The van der Waals surface area contributed by atoms with Crippen LogP contribution < -0.4 is 5.32 Å². The summed E-state index contributed by atoms with van der Waals surface area (Å²) < 4.78 is 0. The van der Waals surface area contributed by atoms with E-state index in [0.29, 0.717) is 6.04 Å². The Hall–Kier alpha value is -0.340. The average molecular weight is 262 g/mol. The van der Waals surface area contributed by atoms with E-state index in [0.717, 1.165) is 18.0 Å². The molecule has 3 unspecified atom stereocenters. The zero-order valence-corrected chi connectivity index (χ0v) is 12.7. The van der Waals surface area contributed by atoms with E-state index < -0.39 is 0 Å². The van der Waals surface area contributed by atoms with Gasteiger partial charge < -0.3 is 10.2 Å². The van der Waals surface area contributed by atoms with Crippen LogP contribution in [0.3, 0.4) is 0 Å². The highest BCUT2D eigenvalue weighted by Gasteiger charge is 2.41. The van der Waals surface area contributed by atoms with Crippen LogP contribution in [0.1, 0.15) is 57.8 Å². The van der Waals surface area contributed by atoms with Gasteiger partial charge in [-0.15, -0.1) is 0 Å². The van der Waals surface area contributed by atoms with E-state index in [1.807, 2.05) is 0 Å². The molecule has 0 aromatic rings. The van der Waals surface area contributed by atoms with E-state index >= 15 is 0 Å². The molecule has 3 aliphatic rings. The zero-order valence-electron chi connectivity index (χ0n) is 12.7. The number of piperidine rings is 1. The van der Waals surface area contributed by atoms with Crippen LogP contribution in [-0.2, 0) is 0 Å². The summed E-state index contributed by atoms with van der Waals surface area (Å²) in [6.45, 7) is 0. The fourth-order valence-electron chi connectivity index (χ4n) is 4.77. The Morgan fingerprint density at radius 3 is 2.58 bits per heavy atom. The summed E-state index contributed by atoms with van der Waals surface area (Å²) in [5, 5.41) is 3.67. The van der Waals surface area contributed by atoms with Crippen LogP contribution in [0, 0.1) is 5.92 Å². The van der Waals surface area contributed by atoms with Gasteiger partial charge in [-0.3, -0.25) is 0 Å². The molecular formula is C17H30N2. The summed E-state index contributed by atoms with van der Waals surface area (Å²) in [5.74, 6) is 0.878. The molecule has 1 N–H and O–H groups in total. The number of hydrogen-bond acceptors (Lipinski definition) is 2. The van der Waals surface area contributed by atoms with Crippen molar-refractivity contribution < 1.29 is 0 Å². The lowest BCUT2D eigenvalue weighted by Crippen LogP contribution is -2.47. The third kappa shape index (κ3) is 2.75. The lowest BCUT2D eigenvalue weighted by atomic mass is 9.81. The first-order valence-electron chi connectivity index (χ1n) is 8.37. The molecule has 0 amide bonds. The first-order valence-corrected chi connectivity index (χ1v) is 8.37. The molecular weight excluding hydrogens is 232 g/mol. The Balaban J connectivity index is 1.70. The number of hydrogen-bond donors (Lipinski definition) is 1. The minimum Gasteiger partial charge on any atom is -0.313 e. The van der Waals surface area contributed by atoms with E-state index in [1.54, 1.807) is 5.57 Å². The van der Waals surface area contributed by atoms with Crippen molar-refractivity contribution in [2.45, 2.75) is 75.9 Å². The van der Waals surface area contributed by atoms with Crippen LogP contribution in [0.25, 0.3) is 0 Å². The highest BCUT2D eigenvalue weighted by molar-refractivity contribution is 5.15. The first kappa shape index (κ1) is 13.6.